The standard InChI is InChI=1S/C19H20N2O4/c1-13(2)11-18(23)21-15-8-6-14(7-9-15)17(22)12-25-19(24)16-5-3-4-10-20-16/h3-10,13H,11-12H2,1-2H3,(H,21,23). The van der Waals surface area contributed by atoms with E-state index in [9.17, 15) is 14.4 Å². The van der Waals surface area contributed by atoms with Gasteiger partial charge in [-0.3, -0.25) is 9.59 Å². The second kappa shape index (κ2) is 8.73. The summed E-state index contributed by atoms with van der Waals surface area (Å²) in [5.41, 5.74) is 1.17. The van der Waals surface area contributed by atoms with Crippen molar-refractivity contribution in [2.75, 3.05) is 11.9 Å². The molecule has 0 unspecified atom stereocenters. The molecule has 0 aliphatic rings. The Hall–Kier alpha value is -3.02. The molecule has 0 saturated carbocycles. The Morgan fingerprint density at radius 3 is 2.40 bits per heavy atom. The predicted octanol–water partition coefficient (Wildman–Crippen LogP) is 3.11. The first-order valence-corrected chi connectivity index (χ1v) is 7.97. The summed E-state index contributed by atoms with van der Waals surface area (Å²) in [6.07, 6.45) is 1.91. The van der Waals surface area contributed by atoms with Gasteiger partial charge in [-0.2, -0.15) is 0 Å². The van der Waals surface area contributed by atoms with E-state index in [0.29, 0.717) is 17.7 Å². The van der Waals surface area contributed by atoms with Crippen molar-refractivity contribution in [3.63, 3.8) is 0 Å². The number of carbonyl (C=O) groups excluding carboxylic acids is 3. The van der Waals surface area contributed by atoms with Crippen LogP contribution in [0.1, 0.15) is 41.1 Å². The Kier molecular flexibility index (Phi) is 6.39. The first kappa shape index (κ1) is 18.3. The van der Waals surface area contributed by atoms with Gasteiger partial charge in [-0.05, 0) is 42.3 Å². The summed E-state index contributed by atoms with van der Waals surface area (Å²) in [5.74, 6) is -0.774. The molecule has 0 bridgehead atoms. The molecule has 0 saturated heterocycles. The van der Waals surface area contributed by atoms with E-state index >= 15 is 0 Å². The molecule has 0 fully saturated rings. The molecule has 0 radical (unpaired) electrons. The third-order valence-electron chi connectivity index (χ3n) is 3.29. The molecule has 0 aliphatic heterocycles. The minimum Gasteiger partial charge on any atom is -0.453 e. The summed E-state index contributed by atoms with van der Waals surface area (Å²) in [6.45, 7) is 3.57. The molecule has 25 heavy (non-hydrogen) atoms. The number of carbonyl (C=O) groups is 3. The van der Waals surface area contributed by atoms with Crippen LogP contribution in [0.15, 0.2) is 48.7 Å². The number of aromatic nitrogens is 1. The molecule has 2 aromatic rings. The Morgan fingerprint density at radius 2 is 1.80 bits per heavy atom. The van der Waals surface area contributed by atoms with Gasteiger partial charge in [0.05, 0.1) is 0 Å². The van der Waals surface area contributed by atoms with E-state index in [4.69, 9.17) is 4.74 Å². The van der Waals surface area contributed by atoms with Crippen molar-refractivity contribution in [3.8, 4) is 0 Å². The molecule has 130 valence electrons. The van der Waals surface area contributed by atoms with E-state index in [0.717, 1.165) is 0 Å². The second-order valence-electron chi connectivity index (χ2n) is 5.94. The lowest BCUT2D eigenvalue weighted by molar-refractivity contribution is -0.116. The summed E-state index contributed by atoms with van der Waals surface area (Å²) in [4.78, 5) is 39.4. The van der Waals surface area contributed by atoms with Gasteiger partial charge in [-0.1, -0.05) is 19.9 Å². The average molecular weight is 340 g/mol. The van der Waals surface area contributed by atoms with Crippen LogP contribution in [0.3, 0.4) is 0 Å². The predicted molar refractivity (Wildman–Crippen MR) is 93.4 cm³/mol. The summed E-state index contributed by atoms with van der Waals surface area (Å²) in [6, 6.07) is 11.3. The fourth-order valence-electron chi connectivity index (χ4n) is 2.09. The smallest absolute Gasteiger partial charge is 0.357 e. The van der Waals surface area contributed by atoms with Gasteiger partial charge < -0.3 is 10.1 Å². The highest BCUT2D eigenvalue weighted by atomic mass is 16.5. The third-order valence-corrected chi connectivity index (χ3v) is 3.29. The summed E-state index contributed by atoms with van der Waals surface area (Å²) in [5, 5.41) is 2.77. The van der Waals surface area contributed by atoms with Gasteiger partial charge in [0.25, 0.3) is 0 Å². The third kappa shape index (κ3) is 5.84. The van der Waals surface area contributed by atoms with E-state index in [1.165, 1.54) is 12.3 Å². The van der Waals surface area contributed by atoms with Crippen LogP contribution in [0, 0.1) is 5.92 Å². The summed E-state index contributed by atoms with van der Waals surface area (Å²) < 4.78 is 4.96. The van der Waals surface area contributed by atoms with Crippen LogP contribution in [0.25, 0.3) is 0 Å². The topological polar surface area (TPSA) is 85.4 Å². The highest BCUT2D eigenvalue weighted by Gasteiger charge is 2.13. The number of benzene rings is 1. The zero-order valence-corrected chi connectivity index (χ0v) is 14.2. The SMILES string of the molecule is CC(C)CC(=O)Nc1ccc(C(=O)COC(=O)c2ccccn2)cc1. The molecule has 1 amide bonds. The number of amides is 1. The van der Waals surface area contributed by atoms with Gasteiger partial charge in [0.2, 0.25) is 5.91 Å². The van der Waals surface area contributed by atoms with E-state index in [-0.39, 0.29) is 29.9 Å². The Balaban J connectivity index is 1.88. The zero-order chi connectivity index (χ0) is 18.2. The molecule has 1 N–H and O–H groups in total. The zero-order valence-electron chi connectivity index (χ0n) is 14.2. The lowest BCUT2D eigenvalue weighted by Crippen LogP contribution is -2.16. The van der Waals surface area contributed by atoms with Crippen molar-refractivity contribution in [2.45, 2.75) is 20.3 Å². The largest absolute Gasteiger partial charge is 0.453 e. The molecule has 1 aromatic heterocycles. The van der Waals surface area contributed by atoms with Crippen molar-refractivity contribution in [1.82, 2.24) is 4.98 Å². The van der Waals surface area contributed by atoms with E-state index in [1.807, 2.05) is 13.8 Å². The molecule has 2 rings (SSSR count). The summed E-state index contributed by atoms with van der Waals surface area (Å²) in [7, 11) is 0. The number of ketones is 1. The number of anilines is 1. The number of Topliss-reactive ketones (excluding diaryl/α,β-unsaturated/α-hetero) is 1. The molecule has 0 spiro atoms. The van der Waals surface area contributed by atoms with E-state index in [1.54, 1.807) is 36.4 Å². The van der Waals surface area contributed by atoms with Gasteiger partial charge in [0.15, 0.2) is 12.4 Å². The number of hydrogen-bond donors (Lipinski definition) is 1. The maximum atomic E-state index is 12.1. The van der Waals surface area contributed by atoms with Crippen LogP contribution in [-0.4, -0.2) is 29.3 Å². The fourth-order valence-corrected chi connectivity index (χ4v) is 2.09. The second-order valence-corrected chi connectivity index (χ2v) is 5.94. The number of nitrogens with one attached hydrogen (secondary N) is 1. The maximum Gasteiger partial charge on any atom is 0.357 e. The van der Waals surface area contributed by atoms with Crippen molar-refractivity contribution in [3.05, 3.63) is 59.9 Å². The molecule has 0 aliphatic carbocycles. The number of pyridine rings is 1. The number of hydrogen-bond acceptors (Lipinski definition) is 5. The monoisotopic (exact) mass is 340 g/mol. The van der Waals surface area contributed by atoms with Crippen molar-refractivity contribution < 1.29 is 19.1 Å². The van der Waals surface area contributed by atoms with Gasteiger partial charge in [-0.15, -0.1) is 0 Å². The van der Waals surface area contributed by atoms with Crippen molar-refractivity contribution in [1.29, 1.82) is 0 Å². The molecule has 1 aromatic carbocycles. The van der Waals surface area contributed by atoms with Crippen LogP contribution in [0.2, 0.25) is 0 Å². The van der Waals surface area contributed by atoms with Gasteiger partial charge in [0.1, 0.15) is 5.69 Å². The van der Waals surface area contributed by atoms with Crippen LogP contribution in [0.4, 0.5) is 5.69 Å². The normalized spacial score (nSPS) is 10.4. The van der Waals surface area contributed by atoms with Crippen molar-refractivity contribution >= 4 is 23.3 Å². The minimum absolute atomic E-state index is 0.0710. The first-order chi connectivity index (χ1) is 12.0. The number of nitrogens with zero attached hydrogens (tertiary/aromatic N) is 1. The summed E-state index contributed by atoms with van der Waals surface area (Å²) >= 11 is 0. The molecular weight excluding hydrogens is 320 g/mol. The Labute approximate surface area is 146 Å². The van der Waals surface area contributed by atoms with Crippen molar-refractivity contribution in [2.24, 2.45) is 5.92 Å². The Morgan fingerprint density at radius 1 is 1.08 bits per heavy atom. The van der Waals surface area contributed by atoms with Crippen LogP contribution in [-0.2, 0) is 9.53 Å². The molecule has 6 nitrogen and oxygen atoms in total. The minimum atomic E-state index is -0.647. The highest BCUT2D eigenvalue weighted by Crippen LogP contribution is 2.12. The van der Waals surface area contributed by atoms with Crippen LogP contribution >= 0.6 is 0 Å². The van der Waals surface area contributed by atoms with E-state index < -0.39 is 5.97 Å². The van der Waals surface area contributed by atoms with Gasteiger partial charge in [-0.25, -0.2) is 9.78 Å². The Bertz CT molecular complexity index is 740. The molecular formula is C19H20N2O4. The van der Waals surface area contributed by atoms with Gasteiger partial charge >= 0.3 is 5.97 Å². The number of ether oxygens (including phenoxy) is 1. The number of esters is 1. The quantitative estimate of drug-likeness (QED) is 0.618. The number of rotatable bonds is 7. The lowest BCUT2D eigenvalue weighted by atomic mass is 10.1. The maximum absolute atomic E-state index is 12.1. The van der Waals surface area contributed by atoms with Crippen LogP contribution in [0.5, 0.6) is 0 Å². The highest BCUT2D eigenvalue weighted by molar-refractivity contribution is 5.99. The van der Waals surface area contributed by atoms with Crippen LogP contribution < -0.4 is 5.32 Å². The van der Waals surface area contributed by atoms with Gasteiger partial charge in [0, 0.05) is 23.9 Å². The fraction of sp³-hybridized carbons (Fsp3) is 0.263. The average Bonchev–Trinajstić information content (AvgIpc) is 2.60. The molecule has 1 heterocycles. The lowest BCUT2D eigenvalue weighted by Gasteiger charge is -2.08. The van der Waals surface area contributed by atoms with E-state index in [2.05, 4.69) is 10.3 Å². The first-order valence-electron chi connectivity index (χ1n) is 7.97. The molecule has 6 heteroatoms. The molecule has 0 atom stereocenters.